The summed E-state index contributed by atoms with van der Waals surface area (Å²) in [7, 11) is 0. The van der Waals surface area contributed by atoms with Gasteiger partial charge in [-0.3, -0.25) is 0 Å². The number of hydrogen-bond acceptors (Lipinski definition) is 2. The molecule has 2 heteroatoms. The molecule has 0 saturated carbocycles. The fourth-order valence-electron chi connectivity index (χ4n) is 3.12. The first-order chi connectivity index (χ1) is 9.70. The maximum absolute atomic E-state index is 5.95. The lowest BCUT2D eigenvalue weighted by atomic mass is 9.87. The molecule has 2 rings (SSSR count). The van der Waals surface area contributed by atoms with Gasteiger partial charge in [-0.15, -0.1) is 0 Å². The molecule has 0 aromatic heterocycles. The average molecular weight is 275 g/mol. The van der Waals surface area contributed by atoms with Crippen LogP contribution in [0.15, 0.2) is 24.3 Å². The van der Waals surface area contributed by atoms with Crippen molar-refractivity contribution in [2.24, 2.45) is 11.8 Å². The zero-order valence-electron chi connectivity index (χ0n) is 13.2. The van der Waals surface area contributed by atoms with Gasteiger partial charge in [0.2, 0.25) is 0 Å². The normalized spacial score (nSPS) is 19.5. The summed E-state index contributed by atoms with van der Waals surface area (Å²) in [5, 5.41) is 3.68. The van der Waals surface area contributed by atoms with Crippen molar-refractivity contribution in [3.8, 4) is 5.75 Å². The quantitative estimate of drug-likeness (QED) is 0.811. The molecule has 2 atom stereocenters. The highest BCUT2D eigenvalue weighted by atomic mass is 16.5. The van der Waals surface area contributed by atoms with E-state index in [9.17, 15) is 0 Å². The fourth-order valence-corrected chi connectivity index (χ4v) is 3.12. The molecule has 0 spiro atoms. The Morgan fingerprint density at radius 1 is 1.25 bits per heavy atom. The van der Waals surface area contributed by atoms with E-state index >= 15 is 0 Å². The standard InChI is InChI=1S/C18H29NO/c1-4-19-17(10-7-8-14(2)3)16-12-15-9-5-6-11-18(15)20-13-16/h5-6,9,11,14,16-17,19H,4,7-8,10,12-13H2,1-3H3. The molecule has 0 aliphatic carbocycles. The Balaban J connectivity index is 1.93. The second-order valence-electron chi connectivity index (χ2n) is 6.37. The van der Waals surface area contributed by atoms with Crippen molar-refractivity contribution in [3.63, 3.8) is 0 Å². The summed E-state index contributed by atoms with van der Waals surface area (Å²) < 4.78 is 5.95. The molecular weight excluding hydrogens is 246 g/mol. The highest BCUT2D eigenvalue weighted by molar-refractivity contribution is 5.35. The minimum absolute atomic E-state index is 0.590. The van der Waals surface area contributed by atoms with Crippen LogP contribution in [0.5, 0.6) is 5.75 Å². The monoisotopic (exact) mass is 275 g/mol. The summed E-state index contributed by atoms with van der Waals surface area (Å²) >= 11 is 0. The van der Waals surface area contributed by atoms with Crippen molar-refractivity contribution >= 4 is 0 Å². The number of hydrogen-bond donors (Lipinski definition) is 1. The molecule has 20 heavy (non-hydrogen) atoms. The number of ether oxygens (including phenoxy) is 1. The van der Waals surface area contributed by atoms with Crippen molar-refractivity contribution in [2.75, 3.05) is 13.2 Å². The summed E-state index contributed by atoms with van der Waals surface area (Å²) in [6.07, 6.45) is 5.05. The van der Waals surface area contributed by atoms with E-state index < -0.39 is 0 Å². The minimum Gasteiger partial charge on any atom is -0.493 e. The third-order valence-electron chi connectivity index (χ3n) is 4.24. The van der Waals surface area contributed by atoms with Crippen molar-refractivity contribution < 1.29 is 4.74 Å². The molecule has 0 saturated heterocycles. The highest BCUT2D eigenvalue weighted by Crippen LogP contribution is 2.29. The molecule has 0 radical (unpaired) electrons. The average Bonchev–Trinajstić information content (AvgIpc) is 2.45. The summed E-state index contributed by atoms with van der Waals surface area (Å²) in [6.45, 7) is 8.72. The zero-order valence-corrected chi connectivity index (χ0v) is 13.2. The van der Waals surface area contributed by atoms with Gasteiger partial charge >= 0.3 is 0 Å². The van der Waals surface area contributed by atoms with Crippen molar-refractivity contribution in [2.45, 2.75) is 52.5 Å². The second-order valence-corrected chi connectivity index (χ2v) is 6.37. The van der Waals surface area contributed by atoms with Crippen LogP contribution in [0.25, 0.3) is 0 Å². The Kier molecular flexibility index (Phi) is 5.90. The Labute approximate surface area is 123 Å². The number of benzene rings is 1. The molecule has 0 fully saturated rings. The maximum atomic E-state index is 5.95. The van der Waals surface area contributed by atoms with Crippen LogP contribution in [-0.2, 0) is 6.42 Å². The third kappa shape index (κ3) is 4.24. The highest BCUT2D eigenvalue weighted by Gasteiger charge is 2.26. The van der Waals surface area contributed by atoms with Gasteiger partial charge in [-0.2, -0.15) is 0 Å². The van der Waals surface area contributed by atoms with Crippen molar-refractivity contribution in [1.82, 2.24) is 5.32 Å². The predicted octanol–water partition coefficient (Wildman–Crippen LogP) is 4.04. The van der Waals surface area contributed by atoms with Gasteiger partial charge in [0.25, 0.3) is 0 Å². The van der Waals surface area contributed by atoms with E-state index in [4.69, 9.17) is 4.74 Å². The molecular formula is C18H29NO. The second kappa shape index (κ2) is 7.68. The van der Waals surface area contributed by atoms with E-state index in [-0.39, 0.29) is 0 Å². The van der Waals surface area contributed by atoms with Gasteiger partial charge in [-0.25, -0.2) is 0 Å². The third-order valence-corrected chi connectivity index (χ3v) is 4.24. The molecule has 1 aliphatic heterocycles. The van der Waals surface area contributed by atoms with Crippen LogP contribution in [0, 0.1) is 11.8 Å². The van der Waals surface area contributed by atoms with Gasteiger partial charge in [-0.05, 0) is 36.9 Å². The minimum atomic E-state index is 0.590. The first-order valence-corrected chi connectivity index (χ1v) is 8.14. The Morgan fingerprint density at radius 2 is 2.05 bits per heavy atom. The van der Waals surface area contributed by atoms with Crippen LogP contribution < -0.4 is 10.1 Å². The molecule has 1 heterocycles. The van der Waals surface area contributed by atoms with E-state index in [0.29, 0.717) is 12.0 Å². The maximum Gasteiger partial charge on any atom is 0.122 e. The number of para-hydroxylation sites is 1. The van der Waals surface area contributed by atoms with Crippen LogP contribution in [0.2, 0.25) is 0 Å². The Hall–Kier alpha value is -1.02. The summed E-state index contributed by atoms with van der Waals surface area (Å²) in [5.41, 5.74) is 1.37. The molecule has 0 amide bonds. The predicted molar refractivity (Wildman–Crippen MR) is 85.3 cm³/mol. The summed E-state index contributed by atoms with van der Waals surface area (Å²) in [5.74, 6) is 2.50. The molecule has 1 N–H and O–H groups in total. The molecule has 0 bridgehead atoms. The molecule has 1 aromatic carbocycles. The summed E-state index contributed by atoms with van der Waals surface area (Å²) in [4.78, 5) is 0. The lowest BCUT2D eigenvalue weighted by molar-refractivity contribution is 0.178. The van der Waals surface area contributed by atoms with Crippen LogP contribution in [0.3, 0.4) is 0 Å². The lowest BCUT2D eigenvalue weighted by Crippen LogP contribution is -2.41. The van der Waals surface area contributed by atoms with Crippen LogP contribution in [0.4, 0.5) is 0 Å². The first kappa shape index (κ1) is 15.4. The molecule has 2 nitrogen and oxygen atoms in total. The van der Waals surface area contributed by atoms with E-state index in [2.05, 4.69) is 50.4 Å². The Morgan fingerprint density at radius 3 is 2.80 bits per heavy atom. The zero-order chi connectivity index (χ0) is 14.4. The van der Waals surface area contributed by atoms with Crippen molar-refractivity contribution in [3.05, 3.63) is 29.8 Å². The topological polar surface area (TPSA) is 21.3 Å². The SMILES string of the molecule is CCNC(CCCC(C)C)C1COc2ccccc2C1. The van der Waals surface area contributed by atoms with E-state index in [1.165, 1.54) is 24.8 Å². The number of rotatable bonds is 7. The molecule has 1 aliphatic rings. The number of fused-ring (bicyclic) bond motifs is 1. The smallest absolute Gasteiger partial charge is 0.122 e. The van der Waals surface area contributed by atoms with Gasteiger partial charge in [0.1, 0.15) is 5.75 Å². The van der Waals surface area contributed by atoms with E-state index in [0.717, 1.165) is 31.2 Å². The van der Waals surface area contributed by atoms with E-state index in [1.807, 2.05) is 0 Å². The molecule has 2 unspecified atom stereocenters. The van der Waals surface area contributed by atoms with Gasteiger partial charge < -0.3 is 10.1 Å². The first-order valence-electron chi connectivity index (χ1n) is 8.14. The van der Waals surface area contributed by atoms with Crippen LogP contribution in [-0.4, -0.2) is 19.2 Å². The fraction of sp³-hybridized carbons (Fsp3) is 0.667. The van der Waals surface area contributed by atoms with Gasteiger partial charge in [-0.1, -0.05) is 51.8 Å². The van der Waals surface area contributed by atoms with Gasteiger partial charge in [0.15, 0.2) is 0 Å². The van der Waals surface area contributed by atoms with Gasteiger partial charge in [0.05, 0.1) is 6.61 Å². The lowest BCUT2D eigenvalue weighted by Gasteiger charge is -2.32. The largest absolute Gasteiger partial charge is 0.493 e. The van der Waals surface area contributed by atoms with Gasteiger partial charge in [0, 0.05) is 12.0 Å². The van der Waals surface area contributed by atoms with Crippen LogP contribution >= 0.6 is 0 Å². The molecule has 112 valence electrons. The van der Waals surface area contributed by atoms with Crippen LogP contribution in [0.1, 0.15) is 45.6 Å². The number of nitrogens with one attached hydrogen (secondary N) is 1. The Bertz CT molecular complexity index is 402. The van der Waals surface area contributed by atoms with E-state index in [1.54, 1.807) is 0 Å². The van der Waals surface area contributed by atoms with Crippen molar-refractivity contribution in [1.29, 1.82) is 0 Å². The molecule has 1 aromatic rings. The summed E-state index contributed by atoms with van der Waals surface area (Å²) in [6, 6.07) is 9.06.